The Morgan fingerprint density at radius 1 is 1.11 bits per heavy atom. The van der Waals surface area contributed by atoms with Crippen LogP contribution in [0.2, 0.25) is 0 Å². The molecule has 5 atom stereocenters. The summed E-state index contributed by atoms with van der Waals surface area (Å²) in [6.45, 7) is 11.3. The fraction of sp³-hybridized carbons (Fsp3) is 0.471. The van der Waals surface area contributed by atoms with Crippen molar-refractivity contribution < 1.29 is 38.8 Å². The predicted octanol–water partition coefficient (Wildman–Crippen LogP) is 3.60. The van der Waals surface area contributed by atoms with Gasteiger partial charge in [-0.15, -0.1) is 0 Å². The molecule has 0 spiro atoms. The van der Waals surface area contributed by atoms with Gasteiger partial charge in [0.15, 0.2) is 29.6 Å². The van der Waals surface area contributed by atoms with Crippen LogP contribution in [0.25, 0.3) is 11.2 Å². The third-order valence-corrected chi connectivity index (χ3v) is 8.39. The number of allylic oxidation sites excluding steroid dienone is 9. The molecule has 2 aliphatic rings. The van der Waals surface area contributed by atoms with Gasteiger partial charge < -0.3 is 30.2 Å². The van der Waals surface area contributed by atoms with Crippen molar-refractivity contribution in [2.24, 2.45) is 5.41 Å². The van der Waals surface area contributed by atoms with E-state index in [1.165, 1.54) is 17.2 Å². The van der Waals surface area contributed by atoms with Gasteiger partial charge in [-0.2, -0.15) is 0 Å². The van der Waals surface area contributed by atoms with Crippen molar-refractivity contribution in [3.63, 3.8) is 0 Å². The number of aromatic nitrogens is 4. The summed E-state index contributed by atoms with van der Waals surface area (Å²) >= 11 is 0. The average Bonchev–Trinajstić information content (AvgIpc) is 3.58. The van der Waals surface area contributed by atoms with E-state index in [4.69, 9.17) is 19.9 Å². The second-order valence-corrected chi connectivity index (χ2v) is 12.4. The van der Waals surface area contributed by atoms with E-state index < -0.39 is 48.0 Å². The topological polar surface area (TPSA) is 189 Å². The lowest BCUT2D eigenvalue weighted by Gasteiger charge is -2.36. The van der Waals surface area contributed by atoms with Crippen LogP contribution in [0.5, 0.6) is 0 Å². The molecule has 5 unspecified atom stereocenters. The standard InChI is InChI=1S/C34H43N5O8/c1-7-19(2)9-8-10-20(3)11-12-22-21(4)28(42)23(15-34(22,5)6)46-26(41)14-13-25(40)45-16-24-29(43)30(44)33(47-24)39-18-38-27-31(35)36-17-37-32(27)39/h7-12,17-18,23-24,29-30,33,43-44H,13-16H2,1-6H3,(H2,35,36,37). The maximum atomic E-state index is 13.2. The number of anilines is 1. The number of nitrogens with two attached hydrogens (primary N) is 1. The zero-order chi connectivity index (χ0) is 34.5. The molecule has 0 amide bonds. The van der Waals surface area contributed by atoms with E-state index in [1.807, 2.05) is 71.1 Å². The lowest BCUT2D eigenvalue weighted by Crippen LogP contribution is -2.39. The van der Waals surface area contributed by atoms with Crippen LogP contribution in [0, 0.1) is 5.41 Å². The zero-order valence-corrected chi connectivity index (χ0v) is 27.5. The molecule has 13 heteroatoms. The number of carbonyl (C=O) groups excluding carboxylic acids is 3. The molecule has 1 aliphatic heterocycles. The molecule has 0 aromatic carbocycles. The van der Waals surface area contributed by atoms with E-state index in [0.717, 1.165) is 16.7 Å². The highest BCUT2D eigenvalue weighted by Gasteiger charge is 2.45. The fourth-order valence-corrected chi connectivity index (χ4v) is 5.53. The van der Waals surface area contributed by atoms with E-state index in [9.17, 15) is 24.6 Å². The summed E-state index contributed by atoms with van der Waals surface area (Å²) in [6, 6.07) is 0. The number of Topliss-reactive ketones (excluding diaryl/α,β-unsaturated/α-hetero) is 1. The van der Waals surface area contributed by atoms with Gasteiger partial charge in [0.25, 0.3) is 0 Å². The van der Waals surface area contributed by atoms with Gasteiger partial charge in [0, 0.05) is 6.42 Å². The minimum Gasteiger partial charge on any atom is -0.463 e. The second-order valence-electron chi connectivity index (χ2n) is 12.4. The number of fused-ring (bicyclic) bond motifs is 1. The molecule has 252 valence electrons. The Labute approximate surface area is 273 Å². The van der Waals surface area contributed by atoms with Crippen LogP contribution in [0.1, 0.15) is 67.0 Å². The Hall–Kier alpha value is -4.46. The smallest absolute Gasteiger partial charge is 0.307 e. The Kier molecular flexibility index (Phi) is 11.3. The number of carbonyl (C=O) groups is 3. The maximum Gasteiger partial charge on any atom is 0.307 e. The monoisotopic (exact) mass is 649 g/mol. The highest BCUT2D eigenvalue weighted by Crippen LogP contribution is 2.41. The van der Waals surface area contributed by atoms with Gasteiger partial charge >= 0.3 is 11.9 Å². The molecule has 2 aromatic rings. The number of rotatable bonds is 11. The van der Waals surface area contributed by atoms with Gasteiger partial charge in [-0.05, 0) is 44.3 Å². The van der Waals surface area contributed by atoms with E-state index in [-0.39, 0.29) is 31.0 Å². The van der Waals surface area contributed by atoms with Gasteiger partial charge in [0.1, 0.15) is 36.8 Å². The Bertz CT molecular complexity index is 1670. The van der Waals surface area contributed by atoms with Crippen molar-refractivity contribution in [1.29, 1.82) is 0 Å². The van der Waals surface area contributed by atoms with Crippen LogP contribution in [-0.2, 0) is 28.6 Å². The van der Waals surface area contributed by atoms with E-state index in [1.54, 1.807) is 6.92 Å². The summed E-state index contributed by atoms with van der Waals surface area (Å²) in [7, 11) is 0. The summed E-state index contributed by atoms with van der Waals surface area (Å²) in [4.78, 5) is 50.4. The van der Waals surface area contributed by atoms with E-state index in [0.29, 0.717) is 23.2 Å². The first-order chi connectivity index (χ1) is 22.2. The number of hydrogen-bond donors (Lipinski definition) is 3. The summed E-state index contributed by atoms with van der Waals surface area (Å²) < 4.78 is 17.9. The van der Waals surface area contributed by atoms with Crippen molar-refractivity contribution in [2.45, 2.75) is 91.4 Å². The Morgan fingerprint density at radius 3 is 2.55 bits per heavy atom. The summed E-state index contributed by atoms with van der Waals surface area (Å²) in [5.41, 5.74) is 9.57. The third-order valence-electron chi connectivity index (χ3n) is 8.39. The number of imidazole rings is 1. The molecule has 0 saturated carbocycles. The molecule has 2 aromatic heterocycles. The number of aliphatic hydroxyl groups excluding tert-OH is 2. The molecular weight excluding hydrogens is 606 g/mol. The third kappa shape index (κ3) is 8.28. The van der Waals surface area contributed by atoms with Gasteiger partial charge in [0.05, 0.1) is 19.2 Å². The molecule has 1 aliphatic carbocycles. The number of nitrogen functional groups attached to an aromatic ring is 1. The number of esters is 2. The largest absolute Gasteiger partial charge is 0.463 e. The van der Waals surface area contributed by atoms with Gasteiger partial charge in [-0.25, -0.2) is 15.0 Å². The first-order valence-electron chi connectivity index (χ1n) is 15.4. The lowest BCUT2D eigenvalue weighted by molar-refractivity contribution is -0.159. The quantitative estimate of drug-likeness (QED) is 0.237. The highest BCUT2D eigenvalue weighted by atomic mass is 16.6. The molecule has 3 heterocycles. The SMILES string of the molecule is CC=C(C)C=CC=C(C)C=CC1=C(C)C(=O)C(OC(=O)CCC(=O)OCC2OC(n3cnc4c(N)ncnc43)C(O)C2O)CC1(C)C. The predicted molar refractivity (Wildman–Crippen MR) is 173 cm³/mol. The first kappa shape index (κ1) is 35.4. The molecule has 4 rings (SSSR count). The molecular formula is C34H43N5O8. The number of nitrogens with zero attached hydrogens (tertiary/aromatic N) is 4. The van der Waals surface area contributed by atoms with Crippen LogP contribution >= 0.6 is 0 Å². The summed E-state index contributed by atoms with van der Waals surface area (Å²) in [5, 5.41) is 21.1. The molecule has 4 N–H and O–H groups in total. The Morgan fingerprint density at radius 2 is 1.83 bits per heavy atom. The fourth-order valence-electron chi connectivity index (χ4n) is 5.53. The molecule has 1 saturated heterocycles. The summed E-state index contributed by atoms with van der Waals surface area (Å²) in [6.07, 6.45) is 8.36. The zero-order valence-electron chi connectivity index (χ0n) is 27.5. The van der Waals surface area contributed by atoms with Crippen molar-refractivity contribution >= 4 is 34.7 Å². The first-order valence-corrected chi connectivity index (χ1v) is 15.4. The number of ether oxygens (including phenoxy) is 3. The van der Waals surface area contributed by atoms with Gasteiger partial charge in [-0.1, -0.05) is 61.4 Å². The highest BCUT2D eigenvalue weighted by molar-refractivity contribution is 6.01. The van der Waals surface area contributed by atoms with Crippen LogP contribution in [0.3, 0.4) is 0 Å². The van der Waals surface area contributed by atoms with Gasteiger partial charge in [0.2, 0.25) is 0 Å². The summed E-state index contributed by atoms with van der Waals surface area (Å²) in [5.74, 6) is -1.56. The number of aliphatic hydroxyl groups is 2. The Balaban J connectivity index is 1.27. The minimum atomic E-state index is -1.38. The molecule has 47 heavy (non-hydrogen) atoms. The second kappa shape index (κ2) is 15.0. The van der Waals surface area contributed by atoms with Crippen LogP contribution in [-0.4, -0.2) is 78.5 Å². The maximum absolute atomic E-state index is 13.2. The molecule has 1 fully saturated rings. The molecule has 0 bridgehead atoms. The van der Waals surface area contributed by atoms with Crippen LogP contribution < -0.4 is 5.73 Å². The molecule has 0 radical (unpaired) electrons. The van der Waals surface area contributed by atoms with E-state index in [2.05, 4.69) is 15.0 Å². The minimum absolute atomic E-state index is 0.147. The average molecular weight is 650 g/mol. The normalized spacial score (nSPS) is 25.4. The van der Waals surface area contributed by atoms with Crippen molar-refractivity contribution in [3.8, 4) is 0 Å². The van der Waals surface area contributed by atoms with Crippen molar-refractivity contribution in [1.82, 2.24) is 19.5 Å². The molecule has 13 nitrogen and oxygen atoms in total. The van der Waals surface area contributed by atoms with Crippen molar-refractivity contribution in [2.75, 3.05) is 12.3 Å². The number of ketones is 1. The lowest BCUT2D eigenvalue weighted by atomic mass is 9.71. The number of hydrogen-bond acceptors (Lipinski definition) is 12. The van der Waals surface area contributed by atoms with Crippen molar-refractivity contribution in [3.05, 3.63) is 71.4 Å². The van der Waals surface area contributed by atoms with Crippen LogP contribution in [0.4, 0.5) is 5.82 Å². The van der Waals surface area contributed by atoms with Gasteiger partial charge in [-0.3, -0.25) is 19.0 Å². The van der Waals surface area contributed by atoms with Crippen LogP contribution in [0.15, 0.2) is 71.4 Å². The van der Waals surface area contributed by atoms with E-state index >= 15 is 0 Å².